The number of nitrogens with two attached hydrogens (primary N) is 1. The Morgan fingerprint density at radius 2 is 1.68 bits per heavy atom. The van der Waals surface area contributed by atoms with Gasteiger partial charge in [0.05, 0.1) is 29.5 Å². The molecule has 2 saturated carbocycles. The molecule has 8 atom stereocenters. The number of ketones is 4. The monoisotopic (exact) mass is 576 g/mol. The highest BCUT2D eigenvalue weighted by Crippen LogP contribution is 2.56. The molecule has 1 aromatic rings. The van der Waals surface area contributed by atoms with Crippen LogP contribution in [0.2, 0.25) is 0 Å². The fraction of sp³-hybridized carbons (Fsp3) is 0.560. The standard InChI is InChI=1S/C25H25F5N2O8/c1-32(2)16-15-18(35)12-9(6-7-23(26,27)25(28,29)30)8-4-3-5-10(33)11(8)17(34)13(12)20(37)24(15,40)21(38)14(19(16)36)22(31)39/h3-5,9,12-16,18,33,35,40H,6-7H2,1-2H3,(H2,31,39)/t9-,12+,13?,14?,15+,16?,18-,24-/m0/s1. The van der Waals surface area contributed by atoms with E-state index in [1.165, 1.54) is 20.2 Å². The predicted molar refractivity (Wildman–Crippen MR) is 122 cm³/mol. The molecule has 0 spiro atoms. The molecule has 3 aliphatic carbocycles. The predicted octanol–water partition coefficient (Wildman–Crippen LogP) is 0.357. The number of alkyl halides is 5. The van der Waals surface area contributed by atoms with Crippen LogP contribution < -0.4 is 5.73 Å². The number of amides is 1. The van der Waals surface area contributed by atoms with Gasteiger partial charge in [-0.3, -0.25) is 28.9 Å². The average molecular weight is 576 g/mol. The van der Waals surface area contributed by atoms with Crippen LogP contribution in [0.1, 0.15) is 34.7 Å². The number of rotatable bonds is 5. The Balaban J connectivity index is 1.94. The fourth-order valence-electron chi connectivity index (χ4n) is 6.59. The summed E-state index contributed by atoms with van der Waals surface area (Å²) >= 11 is 0. The Bertz CT molecular complexity index is 1310. The smallest absolute Gasteiger partial charge is 0.453 e. The number of phenols is 1. The lowest BCUT2D eigenvalue weighted by atomic mass is 9.49. The Labute approximate surface area is 222 Å². The summed E-state index contributed by atoms with van der Waals surface area (Å²) in [6.45, 7) is 0. The van der Waals surface area contributed by atoms with E-state index in [0.29, 0.717) is 0 Å². The van der Waals surface area contributed by atoms with E-state index >= 15 is 0 Å². The Morgan fingerprint density at radius 1 is 1.07 bits per heavy atom. The largest absolute Gasteiger partial charge is 0.507 e. The number of nitrogens with zero attached hydrogens (tertiary/aromatic N) is 1. The molecule has 0 radical (unpaired) electrons. The Hall–Kier alpha value is -3.30. The van der Waals surface area contributed by atoms with Crippen LogP contribution in [0.25, 0.3) is 0 Å². The van der Waals surface area contributed by atoms with Crippen LogP contribution in [0.5, 0.6) is 5.75 Å². The van der Waals surface area contributed by atoms with Gasteiger partial charge >= 0.3 is 12.1 Å². The van der Waals surface area contributed by atoms with Crippen LogP contribution in [0.15, 0.2) is 18.2 Å². The van der Waals surface area contributed by atoms with Gasteiger partial charge in [0.15, 0.2) is 34.7 Å². The topological polar surface area (TPSA) is 175 Å². The average Bonchev–Trinajstić information content (AvgIpc) is 2.82. The lowest BCUT2D eigenvalue weighted by Crippen LogP contribution is -2.77. The van der Waals surface area contributed by atoms with Gasteiger partial charge < -0.3 is 21.1 Å². The summed E-state index contributed by atoms with van der Waals surface area (Å²) in [7, 11) is 2.50. The van der Waals surface area contributed by atoms with Crippen LogP contribution in [-0.2, 0) is 19.2 Å². The van der Waals surface area contributed by atoms with E-state index in [2.05, 4.69) is 0 Å². The maximum atomic E-state index is 14.0. The number of carbonyl (C=O) groups is 5. The maximum absolute atomic E-state index is 14.0. The SMILES string of the molecule is CN(C)C1C(=O)C(C(N)=O)C(=O)[C@@]2(O)C(=O)C3C(=O)c4c(O)cccc4[C@H](CCC(F)(F)C(F)(F)F)[C@H]3[C@H](O)[C@@H]12. The first kappa shape index (κ1) is 29.7. The van der Waals surface area contributed by atoms with E-state index in [-0.39, 0.29) is 5.56 Å². The number of aromatic hydroxyl groups is 1. The number of hydrogen-bond acceptors (Lipinski definition) is 9. The van der Waals surface area contributed by atoms with Gasteiger partial charge in [-0.25, -0.2) is 0 Å². The van der Waals surface area contributed by atoms with Gasteiger partial charge in [-0.15, -0.1) is 0 Å². The molecular weight excluding hydrogens is 551 g/mol. The van der Waals surface area contributed by atoms with E-state index in [9.17, 15) is 61.2 Å². The minimum absolute atomic E-state index is 0.230. The first-order valence-corrected chi connectivity index (χ1v) is 12.1. The van der Waals surface area contributed by atoms with Crippen LogP contribution in [0.3, 0.4) is 0 Å². The highest BCUT2D eigenvalue weighted by atomic mass is 19.4. The second kappa shape index (κ2) is 9.38. The molecule has 0 heterocycles. The normalized spacial score (nSPS) is 34.4. The van der Waals surface area contributed by atoms with Gasteiger partial charge in [-0.1, -0.05) is 12.1 Å². The number of Topliss-reactive ketones (excluding diaryl/α,β-unsaturated/α-hetero) is 4. The van der Waals surface area contributed by atoms with Gasteiger partial charge in [-0.05, 0) is 38.1 Å². The van der Waals surface area contributed by atoms with Crippen molar-refractivity contribution in [1.82, 2.24) is 4.90 Å². The first-order chi connectivity index (χ1) is 18.3. The van der Waals surface area contributed by atoms with Gasteiger partial charge in [0.2, 0.25) is 5.91 Å². The van der Waals surface area contributed by atoms with Gasteiger partial charge in [0, 0.05) is 12.3 Å². The summed E-state index contributed by atoms with van der Waals surface area (Å²) in [4.78, 5) is 67.0. The molecule has 4 rings (SSSR count). The van der Waals surface area contributed by atoms with E-state index in [0.717, 1.165) is 17.0 Å². The third-order valence-corrected chi connectivity index (χ3v) is 8.33. The van der Waals surface area contributed by atoms with Gasteiger partial charge in [-0.2, -0.15) is 22.0 Å². The molecular formula is C25H25F5N2O8. The van der Waals surface area contributed by atoms with Crippen molar-refractivity contribution in [2.24, 2.45) is 29.4 Å². The highest BCUT2D eigenvalue weighted by Gasteiger charge is 2.73. The van der Waals surface area contributed by atoms with Crippen LogP contribution >= 0.6 is 0 Å². The van der Waals surface area contributed by atoms with Gasteiger partial charge in [0.1, 0.15) is 5.75 Å². The molecule has 2 fully saturated rings. The molecule has 0 saturated heterocycles. The lowest BCUT2D eigenvalue weighted by molar-refractivity contribution is -0.285. The number of benzene rings is 1. The number of fused-ring (bicyclic) bond motifs is 3. The molecule has 0 aliphatic heterocycles. The number of hydrogen-bond donors (Lipinski definition) is 4. The molecule has 218 valence electrons. The van der Waals surface area contributed by atoms with Gasteiger partial charge in [0.25, 0.3) is 0 Å². The fourth-order valence-corrected chi connectivity index (χ4v) is 6.59. The van der Waals surface area contributed by atoms with Crippen LogP contribution in [-0.4, -0.2) is 93.2 Å². The Morgan fingerprint density at radius 3 is 2.20 bits per heavy atom. The summed E-state index contributed by atoms with van der Waals surface area (Å²) in [5.74, 6) is -23.1. The van der Waals surface area contributed by atoms with E-state index in [1.807, 2.05) is 0 Å². The molecule has 1 amide bonds. The van der Waals surface area contributed by atoms with E-state index < -0.39 is 113 Å². The molecule has 0 bridgehead atoms. The number of aliphatic hydroxyl groups is 2. The van der Waals surface area contributed by atoms with Crippen molar-refractivity contribution in [3.8, 4) is 5.75 Å². The third kappa shape index (κ3) is 3.96. The number of halogens is 5. The second-order valence-electron chi connectivity index (χ2n) is 10.7. The van der Waals surface area contributed by atoms with Crippen LogP contribution in [0.4, 0.5) is 22.0 Å². The van der Waals surface area contributed by atoms with Crippen molar-refractivity contribution in [3.63, 3.8) is 0 Å². The second-order valence-corrected chi connectivity index (χ2v) is 10.7. The lowest BCUT2D eigenvalue weighted by Gasteiger charge is -2.56. The quantitative estimate of drug-likeness (QED) is 0.285. The van der Waals surface area contributed by atoms with E-state index in [1.54, 1.807) is 0 Å². The number of likely N-dealkylation sites (N-methyl/N-ethyl adjacent to an activating group) is 1. The summed E-state index contributed by atoms with van der Waals surface area (Å²) in [6.07, 6.45) is -11.0. The van der Waals surface area contributed by atoms with Crippen molar-refractivity contribution in [2.75, 3.05) is 14.1 Å². The number of aliphatic hydroxyl groups excluding tert-OH is 1. The zero-order chi connectivity index (χ0) is 30.3. The molecule has 40 heavy (non-hydrogen) atoms. The molecule has 10 nitrogen and oxygen atoms in total. The van der Waals surface area contributed by atoms with Crippen molar-refractivity contribution in [1.29, 1.82) is 0 Å². The molecule has 15 heteroatoms. The van der Waals surface area contributed by atoms with Crippen molar-refractivity contribution < 1.29 is 61.2 Å². The number of carbonyl (C=O) groups excluding carboxylic acids is 5. The first-order valence-electron chi connectivity index (χ1n) is 12.1. The van der Waals surface area contributed by atoms with Crippen LogP contribution in [0, 0.1) is 23.7 Å². The summed E-state index contributed by atoms with van der Waals surface area (Å²) < 4.78 is 66.9. The minimum atomic E-state index is -5.94. The summed E-state index contributed by atoms with van der Waals surface area (Å²) in [5, 5.41) is 33.5. The molecule has 0 aromatic heterocycles. The highest BCUT2D eigenvalue weighted by molar-refractivity contribution is 6.32. The zero-order valence-electron chi connectivity index (χ0n) is 21.0. The maximum Gasteiger partial charge on any atom is 0.453 e. The zero-order valence-corrected chi connectivity index (χ0v) is 21.0. The van der Waals surface area contributed by atoms with Crippen molar-refractivity contribution in [3.05, 3.63) is 29.3 Å². The van der Waals surface area contributed by atoms with Crippen molar-refractivity contribution >= 4 is 29.0 Å². The third-order valence-electron chi connectivity index (χ3n) is 8.33. The molecule has 3 unspecified atom stereocenters. The number of primary amides is 1. The molecule has 5 N–H and O–H groups in total. The minimum Gasteiger partial charge on any atom is -0.507 e. The van der Waals surface area contributed by atoms with Crippen molar-refractivity contribution in [2.45, 2.75) is 48.6 Å². The Kier molecular flexibility index (Phi) is 6.96. The summed E-state index contributed by atoms with van der Waals surface area (Å²) in [5.41, 5.74) is 1.03. The van der Waals surface area contributed by atoms with E-state index in [4.69, 9.17) is 5.73 Å². The molecule has 3 aliphatic rings. The summed E-state index contributed by atoms with van der Waals surface area (Å²) in [6, 6.07) is 1.60. The number of phenolic OH excluding ortho intramolecular Hbond substituents is 1. The molecule has 1 aromatic carbocycles.